The van der Waals surface area contributed by atoms with Crippen LogP contribution in [-0.2, 0) is 65.4 Å². The van der Waals surface area contributed by atoms with Gasteiger partial charge in [0.05, 0.1) is 32.8 Å². The van der Waals surface area contributed by atoms with Crippen molar-refractivity contribution in [2.24, 2.45) is 0 Å². The molecule has 0 spiro atoms. The maximum absolute atomic E-state index is 13.1. The summed E-state index contributed by atoms with van der Waals surface area (Å²) < 4.78 is 68.5. The quantitative estimate of drug-likeness (QED) is 0.0169. The van der Waals surface area contributed by atoms with Crippen LogP contribution in [0.15, 0.2) is 170 Å². The van der Waals surface area contributed by atoms with Crippen LogP contribution in [0.4, 0.5) is 0 Å². The summed E-state index contributed by atoms with van der Waals surface area (Å²) >= 11 is 0. The predicted octanol–water partition coefficient (Wildman–Crippen LogP) is 23.8. The van der Waals surface area contributed by atoms with Gasteiger partial charge in [-0.15, -0.1) is 0 Å². The number of ether oxygens (including phenoxy) is 4. The minimum Gasteiger partial charge on any atom is -0.462 e. The van der Waals surface area contributed by atoms with E-state index in [0.29, 0.717) is 25.7 Å². The van der Waals surface area contributed by atoms with Crippen LogP contribution in [0.5, 0.6) is 0 Å². The van der Waals surface area contributed by atoms with Crippen molar-refractivity contribution < 1.29 is 80.2 Å². The van der Waals surface area contributed by atoms with Gasteiger partial charge < -0.3 is 33.8 Å². The second kappa shape index (κ2) is 77.6. The van der Waals surface area contributed by atoms with Crippen molar-refractivity contribution in [3.63, 3.8) is 0 Å². The summed E-state index contributed by atoms with van der Waals surface area (Å²) in [5, 5.41) is 10.6. The lowest BCUT2D eigenvalue weighted by Gasteiger charge is -2.21. The van der Waals surface area contributed by atoms with Crippen molar-refractivity contribution in [1.29, 1.82) is 0 Å². The number of esters is 4. The Hall–Kier alpha value is -5.58. The molecule has 0 aromatic heterocycles. The molecule has 5 atom stereocenters. The molecular formula is C87H142O17P2. The molecule has 0 saturated heterocycles. The molecular weight excluding hydrogens is 1380 g/mol. The van der Waals surface area contributed by atoms with Gasteiger partial charge in [-0.1, -0.05) is 288 Å². The minimum absolute atomic E-state index is 0.0602. The van der Waals surface area contributed by atoms with Gasteiger partial charge in [-0.3, -0.25) is 37.3 Å². The fourth-order valence-corrected chi connectivity index (χ4v) is 11.7. The maximum atomic E-state index is 13.1. The standard InChI is InChI=1S/C87H142O17P2/c1-5-9-13-17-21-25-29-33-37-39-40-42-45-48-52-56-60-64-68-72-85(90)98-78-83(104-87(92)74-70-66-62-58-54-50-46-41-38-34-30-26-22-18-14-10-6-2)80-102-106(95,96)100-76-81(88)75-99-105(93,94)101-79-82(103-86(91)73-69-65-61-57-53-49-44-36-32-28-24-20-16-12-8-4)77-97-84(89)71-67-63-59-55-51-47-43-35-31-27-23-19-15-11-7-3/h9-11,13-15,21-23,25-27,33-38,40,42-44,48,51-52,55,63,67,81-83,88H,5-8,12,16-20,24,28-32,39,41,45-47,49-50,53-54,56-62,64-66,68-80H2,1-4H3,(H,93,94)(H,95,96)/b13-9-,14-10-,15-11-,25-21-,26-22-,27-23-,37-33-,38-34-,42-40-,43-35-,44-36-,52-48-,55-51-,67-63-. The zero-order valence-electron chi connectivity index (χ0n) is 65.8. The Balaban J connectivity index is 5.49. The summed E-state index contributed by atoms with van der Waals surface area (Å²) in [4.78, 5) is 73.0. The van der Waals surface area contributed by atoms with Crippen LogP contribution in [0, 0.1) is 0 Å². The molecule has 0 bridgehead atoms. The molecule has 17 nitrogen and oxygen atoms in total. The van der Waals surface area contributed by atoms with Gasteiger partial charge >= 0.3 is 39.5 Å². The Morgan fingerprint density at radius 2 is 0.528 bits per heavy atom. The Morgan fingerprint density at radius 3 is 0.858 bits per heavy atom. The fraction of sp³-hybridized carbons (Fsp3) is 0.632. The molecule has 0 aliphatic carbocycles. The first-order valence-electron chi connectivity index (χ1n) is 40.4. The number of rotatable bonds is 74. The first kappa shape index (κ1) is 100. The number of hydrogen-bond acceptors (Lipinski definition) is 15. The van der Waals surface area contributed by atoms with Crippen molar-refractivity contribution in [2.75, 3.05) is 39.6 Å². The Morgan fingerprint density at radius 1 is 0.283 bits per heavy atom. The number of carbonyl (C=O) groups is 4. The fourth-order valence-electron chi connectivity index (χ4n) is 10.2. The number of hydrogen-bond donors (Lipinski definition) is 3. The van der Waals surface area contributed by atoms with Crippen LogP contribution in [-0.4, -0.2) is 96.7 Å². The Labute approximate surface area is 642 Å². The van der Waals surface area contributed by atoms with Gasteiger partial charge in [0.25, 0.3) is 0 Å². The van der Waals surface area contributed by atoms with E-state index in [1.54, 1.807) is 6.08 Å². The largest absolute Gasteiger partial charge is 0.472 e. The van der Waals surface area contributed by atoms with E-state index in [1.807, 2.05) is 18.2 Å². The lowest BCUT2D eigenvalue weighted by atomic mass is 10.1. The zero-order valence-corrected chi connectivity index (χ0v) is 67.6. The first-order chi connectivity index (χ1) is 51.7. The number of aliphatic hydroxyl groups is 1. The van der Waals surface area contributed by atoms with Crippen LogP contribution in [0.25, 0.3) is 0 Å². The number of phosphoric acid groups is 2. The van der Waals surface area contributed by atoms with E-state index in [0.717, 1.165) is 180 Å². The van der Waals surface area contributed by atoms with E-state index in [1.165, 1.54) is 38.5 Å². The van der Waals surface area contributed by atoms with E-state index < -0.39 is 97.5 Å². The molecule has 0 amide bonds. The van der Waals surface area contributed by atoms with Crippen molar-refractivity contribution >= 4 is 39.5 Å². The third-order valence-corrected chi connectivity index (χ3v) is 18.1. The molecule has 0 aliphatic rings. The van der Waals surface area contributed by atoms with Crippen LogP contribution in [0.2, 0.25) is 0 Å². The van der Waals surface area contributed by atoms with E-state index in [-0.39, 0.29) is 25.7 Å². The second-order valence-corrected chi connectivity index (χ2v) is 29.1. The topological polar surface area (TPSA) is 237 Å². The third-order valence-electron chi connectivity index (χ3n) is 16.2. The number of aliphatic hydroxyl groups excluding tert-OH is 1. The minimum atomic E-state index is -5.01. The van der Waals surface area contributed by atoms with E-state index in [4.69, 9.17) is 37.0 Å². The summed E-state index contributed by atoms with van der Waals surface area (Å²) in [6, 6.07) is 0. The summed E-state index contributed by atoms with van der Waals surface area (Å²) in [5.74, 6) is -2.39. The number of carbonyl (C=O) groups excluding carboxylic acids is 4. The molecule has 0 aromatic carbocycles. The highest BCUT2D eigenvalue weighted by molar-refractivity contribution is 7.47. The molecule has 602 valence electrons. The van der Waals surface area contributed by atoms with Gasteiger partial charge in [0, 0.05) is 19.3 Å². The monoisotopic (exact) mass is 1520 g/mol. The highest BCUT2D eigenvalue weighted by Gasteiger charge is 2.30. The van der Waals surface area contributed by atoms with E-state index in [9.17, 15) is 43.2 Å². The third kappa shape index (κ3) is 76.6. The lowest BCUT2D eigenvalue weighted by molar-refractivity contribution is -0.161. The molecule has 0 aromatic rings. The van der Waals surface area contributed by atoms with Crippen LogP contribution in [0.1, 0.15) is 297 Å². The normalized spacial score (nSPS) is 14.7. The smallest absolute Gasteiger partial charge is 0.462 e. The van der Waals surface area contributed by atoms with Crippen LogP contribution in [0.3, 0.4) is 0 Å². The first-order valence-corrected chi connectivity index (χ1v) is 43.4. The second-order valence-electron chi connectivity index (χ2n) is 26.2. The summed E-state index contributed by atoms with van der Waals surface area (Å²) in [7, 11) is -10.0. The Kier molecular flexibility index (Phi) is 73.5. The van der Waals surface area contributed by atoms with Gasteiger partial charge in [-0.25, -0.2) is 9.13 Å². The number of unbranched alkanes of at least 4 members (excludes halogenated alkanes) is 21. The average molecular weight is 1520 g/mol. The van der Waals surface area contributed by atoms with Gasteiger partial charge in [-0.2, -0.15) is 0 Å². The molecule has 0 heterocycles. The molecule has 0 aliphatic heterocycles. The van der Waals surface area contributed by atoms with E-state index >= 15 is 0 Å². The van der Waals surface area contributed by atoms with Gasteiger partial charge in [0.1, 0.15) is 19.3 Å². The molecule has 0 radical (unpaired) electrons. The maximum Gasteiger partial charge on any atom is 0.472 e. The lowest BCUT2D eigenvalue weighted by Crippen LogP contribution is -2.30. The van der Waals surface area contributed by atoms with Crippen LogP contribution < -0.4 is 0 Å². The average Bonchev–Trinajstić information content (AvgIpc) is 0.902. The Bertz CT molecular complexity index is 2680. The molecule has 106 heavy (non-hydrogen) atoms. The zero-order chi connectivity index (χ0) is 77.4. The summed E-state index contributed by atoms with van der Waals surface area (Å²) in [6.07, 6.45) is 92.2. The highest BCUT2D eigenvalue weighted by atomic mass is 31.2. The predicted molar refractivity (Wildman–Crippen MR) is 436 cm³/mol. The number of phosphoric ester groups is 2. The van der Waals surface area contributed by atoms with Gasteiger partial charge in [0.2, 0.25) is 0 Å². The molecule has 0 fully saturated rings. The molecule has 0 saturated carbocycles. The van der Waals surface area contributed by atoms with Crippen molar-refractivity contribution in [3.05, 3.63) is 170 Å². The molecule has 5 unspecified atom stereocenters. The van der Waals surface area contributed by atoms with E-state index in [2.05, 4.69) is 174 Å². The van der Waals surface area contributed by atoms with Gasteiger partial charge in [-0.05, 0) is 154 Å². The SMILES string of the molecule is CC/C=C\C/C=C\C/C=C\C/C=C\C/C=C\CCCCCC(=O)OCC(COP(=O)(O)OCC(O)COP(=O)(O)OCC(COC(=O)C/C=C\C/C=C\C/C=C\C/C=C\C/C=C\CC)OC(=O)CCCCCCC/C=C\CCCCCCCC)OC(=O)CCCCCCCCC/C=C\C/C=C\C/C=C\CC. The molecule has 0 rings (SSSR count). The molecule has 3 N–H and O–H groups in total. The van der Waals surface area contributed by atoms with Crippen LogP contribution >= 0.6 is 15.6 Å². The summed E-state index contributed by atoms with van der Waals surface area (Å²) in [6.45, 7) is 4.35. The number of allylic oxidation sites excluding steroid dienone is 27. The van der Waals surface area contributed by atoms with Crippen molar-refractivity contribution in [2.45, 2.75) is 316 Å². The van der Waals surface area contributed by atoms with Crippen molar-refractivity contribution in [3.8, 4) is 0 Å². The summed E-state index contributed by atoms with van der Waals surface area (Å²) in [5.41, 5.74) is 0. The highest BCUT2D eigenvalue weighted by Crippen LogP contribution is 2.45. The van der Waals surface area contributed by atoms with Gasteiger partial charge in [0.15, 0.2) is 12.2 Å². The molecule has 19 heteroatoms. The van der Waals surface area contributed by atoms with Crippen molar-refractivity contribution in [1.82, 2.24) is 0 Å².